The lowest BCUT2D eigenvalue weighted by Gasteiger charge is -2.39. The molecule has 1 saturated heterocycles. The van der Waals surface area contributed by atoms with Gasteiger partial charge in [0.15, 0.2) is 0 Å². The molecule has 0 saturated carbocycles. The molecule has 0 amide bonds. The van der Waals surface area contributed by atoms with Crippen LogP contribution in [0.25, 0.3) is 0 Å². The average molecular weight is 404 g/mol. The van der Waals surface area contributed by atoms with Gasteiger partial charge in [0.25, 0.3) is 0 Å². The van der Waals surface area contributed by atoms with Crippen LogP contribution in [0, 0.1) is 5.82 Å². The molecule has 0 bridgehead atoms. The Balaban J connectivity index is 1.45. The van der Waals surface area contributed by atoms with Gasteiger partial charge in [0, 0.05) is 43.8 Å². The number of nitrogens with two attached hydrogens (primary N) is 1. The van der Waals surface area contributed by atoms with E-state index >= 15 is 0 Å². The lowest BCUT2D eigenvalue weighted by molar-refractivity contribution is 0.236. The first-order valence-electron chi connectivity index (χ1n) is 10.8. The zero-order valence-electron chi connectivity index (χ0n) is 17.4. The van der Waals surface area contributed by atoms with E-state index in [0.29, 0.717) is 6.54 Å². The minimum absolute atomic E-state index is 0.183. The van der Waals surface area contributed by atoms with Crippen molar-refractivity contribution < 1.29 is 4.39 Å². The fourth-order valence-corrected chi connectivity index (χ4v) is 4.54. The second-order valence-corrected chi connectivity index (χ2v) is 8.07. The van der Waals surface area contributed by atoms with E-state index in [0.717, 1.165) is 44.8 Å². The van der Waals surface area contributed by atoms with E-state index in [1.807, 2.05) is 12.1 Å². The number of halogens is 1. The van der Waals surface area contributed by atoms with Crippen LogP contribution in [0.15, 0.2) is 84.9 Å². The Kier molecular flexibility index (Phi) is 6.46. The molecule has 0 aromatic heterocycles. The Morgan fingerprint density at radius 3 is 1.77 bits per heavy atom. The van der Waals surface area contributed by atoms with Gasteiger partial charge in [-0.05, 0) is 48.4 Å². The van der Waals surface area contributed by atoms with E-state index in [1.54, 1.807) is 0 Å². The summed E-state index contributed by atoms with van der Waals surface area (Å²) in [5, 5.41) is 0. The topological polar surface area (TPSA) is 32.5 Å². The van der Waals surface area contributed by atoms with E-state index in [9.17, 15) is 4.39 Å². The van der Waals surface area contributed by atoms with Crippen LogP contribution >= 0.6 is 0 Å². The van der Waals surface area contributed by atoms with Gasteiger partial charge in [-0.2, -0.15) is 0 Å². The summed E-state index contributed by atoms with van der Waals surface area (Å²) in [7, 11) is 0. The molecule has 4 heteroatoms. The van der Waals surface area contributed by atoms with Crippen molar-refractivity contribution in [1.82, 2.24) is 4.90 Å². The average Bonchev–Trinajstić information content (AvgIpc) is 2.82. The minimum Gasteiger partial charge on any atom is -0.369 e. The molecular weight excluding hydrogens is 373 g/mol. The van der Waals surface area contributed by atoms with Crippen LogP contribution in [0.5, 0.6) is 0 Å². The van der Waals surface area contributed by atoms with Gasteiger partial charge in [0.05, 0.1) is 0 Å². The third-order valence-electron chi connectivity index (χ3n) is 6.42. The van der Waals surface area contributed by atoms with E-state index in [2.05, 4.69) is 70.5 Å². The Morgan fingerprint density at radius 1 is 0.733 bits per heavy atom. The van der Waals surface area contributed by atoms with E-state index < -0.39 is 0 Å². The van der Waals surface area contributed by atoms with Gasteiger partial charge in [0.1, 0.15) is 5.82 Å². The first kappa shape index (κ1) is 20.6. The zero-order valence-corrected chi connectivity index (χ0v) is 17.4. The quantitative estimate of drug-likeness (QED) is 0.639. The lowest BCUT2D eigenvalue weighted by Crippen LogP contribution is -2.48. The molecule has 4 rings (SSSR count). The fourth-order valence-electron chi connectivity index (χ4n) is 4.54. The molecule has 3 aromatic rings. The lowest BCUT2D eigenvalue weighted by atomic mass is 9.72. The molecule has 0 atom stereocenters. The van der Waals surface area contributed by atoms with Crippen molar-refractivity contribution in [3.8, 4) is 0 Å². The molecule has 0 spiro atoms. The Labute approximate surface area is 178 Å². The summed E-state index contributed by atoms with van der Waals surface area (Å²) in [6.07, 6.45) is 0.980. The number of rotatable bonds is 7. The summed E-state index contributed by atoms with van der Waals surface area (Å²) in [4.78, 5) is 4.86. The van der Waals surface area contributed by atoms with Gasteiger partial charge in [-0.25, -0.2) is 4.39 Å². The van der Waals surface area contributed by atoms with E-state index in [-0.39, 0.29) is 11.2 Å². The summed E-state index contributed by atoms with van der Waals surface area (Å²) in [5.74, 6) is -0.183. The molecule has 1 aliphatic rings. The SMILES string of the molecule is NCC(CCN1CCN(c2ccc(F)cc2)CC1)(c1ccccc1)c1ccccc1. The second-order valence-electron chi connectivity index (χ2n) is 8.07. The molecule has 0 unspecified atom stereocenters. The highest BCUT2D eigenvalue weighted by molar-refractivity contribution is 5.46. The fraction of sp³-hybridized carbons (Fsp3) is 0.308. The van der Waals surface area contributed by atoms with Gasteiger partial charge in [-0.1, -0.05) is 60.7 Å². The molecule has 3 aromatic carbocycles. The van der Waals surface area contributed by atoms with Crippen molar-refractivity contribution in [2.24, 2.45) is 5.73 Å². The predicted octanol–water partition coefficient (Wildman–Crippen LogP) is 4.28. The number of hydrogen-bond acceptors (Lipinski definition) is 3. The standard InChI is InChI=1S/C26H30FN3/c27-24-11-13-25(14-12-24)30-19-17-29(18-20-30)16-15-26(21-28,22-7-3-1-4-8-22)23-9-5-2-6-10-23/h1-14H,15-21,28H2. The highest BCUT2D eigenvalue weighted by Gasteiger charge is 2.33. The summed E-state index contributed by atoms with van der Waals surface area (Å²) in [6, 6.07) is 28.1. The van der Waals surface area contributed by atoms with Crippen LogP contribution in [-0.2, 0) is 5.41 Å². The molecule has 0 radical (unpaired) electrons. The maximum Gasteiger partial charge on any atom is 0.123 e. The van der Waals surface area contributed by atoms with Crippen LogP contribution in [0.3, 0.4) is 0 Å². The van der Waals surface area contributed by atoms with Crippen molar-refractivity contribution in [2.45, 2.75) is 11.8 Å². The Morgan fingerprint density at radius 2 is 1.27 bits per heavy atom. The number of piperazine rings is 1. The second kappa shape index (κ2) is 9.41. The van der Waals surface area contributed by atoms with Crippen LogP contribution in [0.1, 0.15) is 17.5 Å². The third-order valence-corrected chi connectivity index (χ3v) is 6.42. The maximum atomic E-state index is 13.2. The summed E-state index contributed by atoms with van der Waals surface area (Å²) in [5.41, 5.74) is 9.92. The molecular formula is C26H30FN3. The molecule has 30 heavy (non-hydrogen) atoms. The van der Waals surface area contributed by atoms with Crippen molar-refractivity contribution in [3.63, 3.8) is 0 Å². The highest BCUT2D eigenvalue weighted by atomic mass is 19.1. The Bertz CT molecular complexity index is 865. The summed E-state index contributed by atoms with van der Waals surface area (Å²) in [6.45, 7) is 5.49. The van der Waals surface area contributed by atoms with Crippen molar-refractivity contribution >= 4 is 5.69 Å². The van der Waals surface area contributed by atoms with E-state index in [1.165, 1.54) is 23.3 Å². The first-order valence-corrected chi connectivity index (χ1v) is 10.8. The molecule has 1 heterocycles. The predicted molar refractivity (Wildman–Crippen MR) is 122 cm³/mol. The molecule has 156 valence electrons. The van der Waals surface area contributed by atoms with Crippen LogP contribution in [0.4, 0.5) is 10.1 Å². The molecule has 3 nitrogen and oxygen atoms in total. The molecule has 2 N–H and O–H groups in total. The van der Waals surface area contributed by atoms with Crippen molar-refractivity contribution in [1.29, 1.82) is 0 Å². The van der Waals surface area contributed by atoms with Crippen LogP contribution in [0.2, 0.25) is 0 Å². The van der Waals surface area contributed by atoms with E-state index in [4.69, 9.17) is 5.73 Å². The largest absolute Gasteiger partial charge is 0.369 e. The number of nitrogens with zero attached hydrogens (tertiary/aromatic N) is 2. The zero-order chi connectivity index (χ0) is 20.8. The van der Waals surface area contributed by atoms with Crippen LogP contribution in [-0.4, -0.2) is 44.2 Å². The molecule has 1 fully saturated rings. The third kappa shape index (κ3) is 4.40. The number of anilines is 1. The number of benzene rings is 3. The molecule has 0 aliphatic carbocycles. The molecule has 1 aliphatic heterocycles. The maximum absolute atomic E-state index is 13.2. The monoisotopic (exact) mass is 403 g/mol. The van der Waals surface area contributed by atoms with Gasteiger partial charge in [-0.3, -0.25) is 4.90 Å². The van der Waals surface area contributed by atoms with Crippen molar-refractivity contribution in [2.75, 3.05) is 44.2 Å². The summed E-state index contributed by atoms with van der Waals surface area (Å²) < 4.78 is 13.2. The Hall–Kier alpha value is -2.69. The first-order chi connectivity index (χ1) is 14.7. The highest BCUT2D eigenvalue weighted by Crippen LogP contribution is 2.35. The van der Waals surface area contributed by atoms with Crippen LogP contribution < -0.4 is 10.6 Å². The number of hydrogen-bond donors (Lipinski definition) is 1. The van der Waals surface area contributed by atoms with Crippen molar-refractivity contribution in [3.05, 3.63) is 102 Å². The normalized spacial score (nSPS) is 15.3. The summed E-state index contributed by atoms with van der Waals surface area (Å²) >= 11 is 0. The smallest absolute Gasteiger partial charge is 0.123 e. The van der Waals surface area contributed by atoms with Gasteiger partial charge < -0.3 is 10.6 Å². The van der Waals surface area contributed by atoms with Gasteiger partial charge in [-0.15, -0.1) is 0 Å². The van der Waals surface area contributed by atoms with Gasteiger partial charge >= 0.3 is 0 Å². The minimum atomic E-state index is -0.184. The van der Waals surface area contributed by atoms with Gasteiger partial charge in [0.2, 0.25) is 0 Å².